The van der Waals surface area contributed by atoms with Crippen molar-refractivity contribution in [1.29, 1.82) is 0 Å². The lowest BCUT2D eigenvalue weighted by atomic mass is 10.2. The number of carbonyl (C=O) groups excluding carboxylic acids is 1. The molecule has 0 spiro atoms. The Morgan fingerprint density at radius 2 is 1.77 bits per heavy atom. The van der Waals surface area contributed by atoms with Gasteiger partial charge in [0.25, 0.3) is 5.91 Å². The summed E-state index contributed by atoms with van der Waals surface area (Å²) in [5.74, 6) is -0.0111. The zero-order valence-corrected chi connectivity index (χ0v) is 18.7. The minimum atomic E-state index is -3.46. The molecule has 0 saturated carbocycles. The highest BCUT2D eigenvalue weighted by atomic mass is 35.5. The van der Waals surface area contributed by atoms with Gasteiger partial charge in [0.05, 0.1) is 15.7 Å². The maximum absolute atomic E-state index is 12.7. The first kappa shape index (κ1) is 22.3. The molecule has 1 N–H and O–H groups in total. The molecule has 0 bridgehead atoms. The number of aromatic nitrogens is 1. The SMILES string of the molecule is CC(CSc1ncccc1C(=O)NCc1ccccc1Cl)S(=O)(=O)c1ccccc1. The third-order valence-electron chi connectivity index (χ3n) is 4.47. The van der Waals surface area contributed by atoms with Crippen molar-refractivity contribution in [3.8, 4) is 0 Å². The van der Waals surface area contributed by atoms with Gasteiger partial charge in [-0.2, -0.15) is 0 Å². The molecule has 1 aromatic heterocycles. The van der Waals surface area contributed by atoms with Crippen LogP contribution in [0, 0.1) is 0 Å². The molecular weight excluding hydrogens is 440 g/mol. The third kappa shape index (κ3) is 5.41. The van der Waals surface area contributed by atoms with Crippen LogP contribution in [0.4, 0.5) is 0 Å². The van der Waals surface area contributed by atoms with E-state index in [1.165, 1.54) is 11.8 Å². The predicted octanol–water partition coefficient (Wildman–Crippen LogP) is 4.62. The molecule has 1 amide bonds. The molecule has 1 heterocycles. The number of sulfone groups is 1. The Morgan fingerprint density at radius 1 is 1.07 bits per heavy atom. The quantitative estimate of drug-likeness (QED) is 0.496. The molecule has 156 valence electrons. The normalized spacial score (nSPS) is 12.3. The molecule has 3 rings (SSSR count). The maximum Gasteiger partial charge on any atom is 0.254 e. The fourth-order valence-electron chi connectivity index (χ4n) is 2.72. The number of amides is 1. The molecule has 1 atom stereocenters. The fourth-order valence-corrected chi connectivity index (χ4v) is 5.69. The smallest absolute Gasteiger partial charge is 0.254 e. The first-order valence-electron chi connectivity index (χ1n) is 9.28. The lowest BCUT2D eigenvalue weighted by Crippen LogP contribution is -2.24. The zero-order chi connectivity index (χ0) is 21.6. The van der Waals surface area contributed by atoms with E-state index in [-0.39, 0.29) is 23.1 Å². The van der Waals surface area contributed by atoms with Gasteiger partial charge in [-0.05, 0) is 42.8 Å². The van der Waals surface area contributed by atoms with Crippen LogP contribution in [0.25, 0.3) is 0 Å². The van der Waals surface area contributed by atoms with Gasteiger partial charge < -0.3 is 5.32 Å². The second-order valence-electron chi connectivity index (χ2n) is 6.61. The fraction of sp³-hybridized carbons (Fsp3) is 0.182. The van der Waals surface area contributed by atoms with E-state index in [1.54, 1.807) is 61.7 Å². The number of nitrogens with zero attached hydrogens (tertiary/aromatic N) is 1. The van der Waals surface area contributed by atoms with E-state index in [2.05, 4.69) is 10.3 Å². The van der Waals surface area contributed by atoms with Gasteiger partial charge in [0.15, 0.2) is 9.84 Å². The summed E-state index contributed by atoms with van der Waals surface area (Å²) in [4.78, 5) is 17.3. The molecule has 0 aliphatic heterocycles. The van der Waals surface area contributed by atoms with Crippen molar-refractivity contribution < 1.29 is 13.2 Å². The van der Waals surface area contributed by atoms with Crippen molar-refractivity contribution in [2.45, 2.75) is 28.6 Å². The summed E-state index contributed by atoms with van der Waals surface area (Å²) in [6, 6.07) is 19.0. The van der Waals surface area contributed by atoms with Gasteiger partial charge in [0.2, 0.25) is 0 Å². The Bertz CT molecular complexity index is 1120. The van der Waals surface area contributed by atoms with Crippen molar-refractivity contribution in [1.82, 2.24) is 10.3 Å². The van der Waals surface area contributed by atoms with E-state index in [0.717, 1.165) is 5.56 Å². The first-order chi connectivity index (χ1) is 14.4. The van der Waals surface area contributed by atoms with Crippen molar-refractivity contribution >= 4 is 39.1 Å². The molecular formula is C22H21ClN2O3S2. The minimum absolute atomic E-state index is 0.277. The summed E-state index contributed by atoms with van der Waals surface area (Å²) in [6.45, 7) is 1.95. The monoisotopic (exact) mass is 460 g/mol. The molecule has 0 aliphatic carbocycles. The lowest BCUT2D eigenvalue weighted by Gasteiger charge is -2.14. The van der Waals surface area contributed by atoms with Gasteiger partial charge in [0.1, 0.15) is 5.03 Å². The zero-order valence-electron chi connectivity index (χ0n) is 16.3. The van der Waals surface area contributed by atoms with Crippen LogP contribution in [-0.4, -0.2) is 30.3 Å². The van der Waals surface area contributed by atoms with Crippen molar-refractivity contribution in [3.63, 3.8) is 0 Å². The molecule has 0 saturated heterocycles. The molecule has 5 nitrogen and oxygen atoms in total. The number of hydrogen-bond acceptors (Lipinski definition) is 5. The molecule has 0 radical (unpaired) electrons. The van der Waals surface area contributed by atoms with Crippen LogP contribution in [0.2, 0.25) is 5.02 Å². The van der Waals surface area contributed by atoms with Crippen LogP contribution < -0.4 is 5.32 Å². The first-order valence-corrected chi connectivity index (χ1v) is 12.2. The Morgan fingerprint density at radius 3 is 2.50 bits per heavy atom. The van der Waals surface area contributed by atoms with Crippen LogP contribution in [0.5, 0.6) is 0 Å². The van der Waals surface area contributed by atoms with Gasteiger partial charge >= 0.3 is 0 Å². The second-order valence-corrected chi connectivity index (χ2v) is 10.4. The molecule has 1 unspecified atom stereocenters. The number of pyridine rings is 1. The number of carbonyl (C=O) groups is 1. The Labute approximate surface area is 185 Å². The topological polar surface area (TPSA) is 76.1 Å². The molecule has 3 aromatic rings. The summed E-state index contributed by atoms with van der Waals surface area (Å²) in [5.41, 5.74) is 1.21. The van der Waals surface area contributed by atoms with E-state index >= 15 is 0 Å². The van der Waals surface area contributed by atoms with Crippen molar-refractivity contribution in [2.75, 3.05) is 5.75 Å². The highest BCUT2D eigenvalue weighted by Gasteiger charge is 2.24. The predicted molar refractivity (Wildman–Crippen MR) is 121 cm³/mol. The number of benzene rings is 2. The van der Waals surface area contributed by atoms with E-state index in [1.807, 2.05) is 18.2 Å². The second kappa shape index (κ2) is 10.1. The Kier molecular flexibility index (Phi) is 7.53. The van der Waals surface area contributed by atoms with Gasteiger partial charge in [-0.3, -0.25) is 4.79 Å². The Balaban J connectivity index is 1.68. The van der Waals surface area contributed by atoms with Crippen LogP contribution in [0.3, 0.4) is 0 Å². The average Bonchev–Trinajstić information content (AvgIpc) is 2.77. The summed E-state index contributed by atoms with van der Waals surface area (Å²) < 4.78 is 25.5. The van der Waals surface area contributed by atoms with Gasteiger partial charge in [-0.25, -0.2) is 13.4 Å². The molecule has 2 aromatic carbocycles. The number of rotatable bonds is 8. The van der Waals surface area contributed by atoms with E-state index < -0.39 is 15.1 Å². The van der Waals surface area contributed by atoms with Crippen molar-refractivity contribution in [2.24, 2.45) is 0 Å². The highest BCUT2D eigenvalue weighted by molar-refractivity contribution is 8.00. The maximum atomic E-state index is 12.7. The van der Waals surface area contributed by atoms with Crippen molar-refractivity contribution in [3.05, 3.63) is 89.1 Å². The number of halogens is 1. The molecule has 8 heteroatoms. The summed E-state index contributed by atoms with van der Waals surface area (Å²) in [7, 11) is -3.46. The third-order valence-corrected chi connectivity index (χ3v) is 8.47. The largest absolute Gasteiger partial charge is 0.348 e. The van der Waals surface area contributed by atoms with E-state index in [9.17, 15) is 13.2 Å². The van der Waals surface area contributed by atoms with E-state index in [4.69, 9.17) is 11.6 Å². The molecule has 30 heavy (non-hydrogen) atoms. The Hall–Kier alpha value is -2.35. The summed E-state index contributed by atoms with van der Waals surface area (Å²) in [6.07, 6.45) is 1.59. The average molecular weight is 461 g/mol. The van der Waals surface area contributed by atoms with E-state index in [0.29, 0.717) is 15.6 Å². The summed E-state index contributed by atoms with van der Waals surface area (Å²) in [5, 5.41) is 3.28. The van der Waals surface area contributed by atoms with Crippen LogP contribution in [0.1, 0.15) is 22.8 Å². The number of hydrogen-bond donors (Lipinski definition) is 1. The lowest BCUT2D eigenvalue weighted by molar-refractivity contribution is 0.0947. The van der Waals surface area contributed by atoms with Gasteiger partial charge in [-0.1, -0.05) is 48.0 Å². The standard InChI is InChI=1S/C22H21ClN2O3S2/c1-16(30(27,28)18-9-3-2-4-10-18)15-29-22-19(11-7-13-24-22)21(26)25-14-17-8-5-6-12-20(17)23/h2-13,16H,14-15H2,1H3,(H,25,26). The number of nitrogens with one attached hydrogen (secondary N) is 1. The van der Waals surface area contributed by atoms with Crippen LogP contribution >= 0.6 is 23.4 Å². The molecule has 0 aliphatic rings. The van der Waals surface area contributed by atoms with Crippen LogP contribution in [-0.2, 0) is 16.4 Å². The highest BCUT2D eigenvalue weighted by Crippen LogP contribution is 2.25. The van der Waals surface area contributed by atoms with Crippen LogP contribution in [0.15, 0.2) is 82.8 Å². The molecule has 0 fully saturated rings. The summed E-state index contributed by atoms with van der Waals surface area (Å²) >= 11 is 7.39. The van der Waals surface area contributed by atoms with Gasteiger partial charge in [0, 0.05) is 23.5 Å². The van der Waals surface area contributed by atoms with Gasteiger partial charge in [-0.15, -0.1) is 11.8 Å². The number of thioether (sulfide) groups is 1. The minimum Gasteiger partial charge on any atom is -0.348 e.